The van der Waals surface area contributed by atoms with Crippen molar-refractivity contribution in [2.24, 2.45) is 0 Å². The van der Waals surface area contributed by atoms with Gasteiger partial charge in [-0.05, 0) is 19.9 Å². The fourth-order valence-corrected chi connectivity index (χ4v) is 3.40. The van der Waals surface area contributed by atoms with E-state index in [0.717, 1.165) is 11.3 Å². The quantitative estimate of drug-likeness (QED) is 0.851. The van der Waals surface area contributed by atoms with Crippen molar-refractivity contribution in [2.75, 3.05) is 13.1 Å². The molecule has 3 rings (SSSR count). The first-order valence-corrected chi connectivity index (χ1v) is 7.21. The lowest BCUT2D eigenvalue weighted by Crippen LogP contribution is -2.59. The van der Waals surface area contributed by atoms with Crippen LogP contribution < -0.4 is 4.74 Å². The third-order valence-electron chi connectivity index (χ3n) is 4.37. The molecule has 0 aromatic heterocycles. The minimum Gasteiger partial charge on any atom is -0.486 e. The summed E-state index contributed by atoms with van der Waals surface area (Å²) in [5.41, 5.74) is 0.363. The number of piperidine rings is 1. The number of likely N-dealkylation sites (tertiary alicyclic amines) is 1. The molecule has 0 spiro atoms. The molecule has 1 aromatic rings. The fourth-order valence-electron chi connectivity index (χ4n) is 3.40. The number of nitrogens with zero attached hydrogens (tertiary/aromatic N) is 1. The third kappa shape index (κ3) is 2.23. The number of aliphatic hydroxyl groups is 1. The normalized spacial score (nSPS) is 29.6. The van der Waals surface area contributed by atoms with Gasteiger partial charge in [0.25, 0.3) is 0 Å². The molecule has 0 radical (unpaired) electrons. The van der Waals surface area contributed by atoms with E-state index in [0.29, 0.717) is 31.7 Å². The summed E-state index contributed by atoms with van der Waals surface area (Å²) in [4.78, 5) is 13.6. The van der Waals surface area contributed by atoms with Crippen molar-refractivity contribution < 1.29 is 14.6 Å². The van der Waals surface area contributed by atoms with E-state index in [-0.39, 0.29) is 6.04 Å². The Morgan fingerprint density at radius 3 is 2.60 bits per heavy atom. The molecule has 2 aliphatic rings. The first kappa shape index (κ1) is 13.6. The van der Waals surface area contributed by atoms with Crippen LogP contribution >= 0.6 is 0 Å². The number of ketones is 1. The van der Waals surface area contributed by atoms with Crippen molar-refractivity contribution in [3.8, 4) is 5.75 Å². The molecule has 1 aromatic carbocycles. The Labute approximate surface area is 119 Å². The van der Waals surface area contributed by atoms with Crippen LogP contribution in [0, 0.1) is 0 Å². The number of ether oxygens (including phenoxy) is 1. The van der Waals surface area contributed by atoms with E-state index in [1.807, 2.05) is 38.1 Å². The number of rotatable bonds is 1. The maximum atomic E-state index is 11.4. The van der Waals surface area contributed by atoms with Crippen LogP contribution in [0.25, 0.3) is 0 Å². The van der Waals surface area contributed by atoms with Gasteiger partial charge in [-0.15, -0.1) is 0 Å². The number of carbonyl (C=O) groups excluding carboxylic acids is 1. The molecule has 2 aliphatic heterocycles. The molecule has 1 N–H and O–H groups in total. The minimum absolute atomic E-state index is 0.120. The van der Waals surface area contributed by atoms with Gasteiger partial charge in [-0.25, -0.2) is 0 Å². The van der Waals surface area contributed by atoms with E-state index in [2.05, 4.69) is 4.90 Å². The highest BCUT2D eigenvalue weighted by atomic mass is 16.5. The second-order valence-corrected chi connectivity index (χ2v) is 6.21. The lowest BCUT2D eigenvalue weighted by molar-refractivity contribution is -0.127. The van der Waals surface area contributed by atoms with Gasteiger partial charge in [0, 0.05) is 31.5 Å². The molecular weight excluding hydrogens is 254 g/mol. The van der Waals surface area contributed by atoms with Crippen molar-refractivity contribution in [1.82, 2.24) is 4.90 Å². The lowest BCUT2D eigenvalue weighted by Gasteiger charge is -2.48. The van der Waals surface area contributed by atoms with Crippen LogP contribution in [-0.2, 0) is 4.79 Å². The van der Waals surface area contributed by atoms with Crippen LogP contribution in [-0.4, -0.2) is 40.5 Å². The van der Waals surface area contributed by atoms with Crippen LogP contribution in [0.5, 0.6) is 5.75 Å². The summed E-state index contributed by atoms with van der Waals surface area (Å²) in [7, 11) is 0. The second-order valence-electron chi connectivity index (χ2n) is 6.21. The van der Waals surface area contributed by atoms with Crippen molar-refractivity contribution >= 4 is 5.78 Å². The van der Waals surface area contributed by atoms with Gasteiger partial charge in [0.2, 0.25) is 0 Å². The number of carbonyl (C=O) groups is 1. The Bertz CT molecular complexity index is 516. The molecule has 1 fully saturated rings. The van der Waals surface area contributed by atoms with E-state index in [1.54, 1.807) is 0 Å². The smallest absolute Gasteiger partial charge is 0.135 e. The summed E-state index contributed by atoms with van der Waals surface area (Å²) in [6.45, 7) is 5.42. The molecule has 0 amide bonds. The van der Waals surface area contributed by atoms with Crippen molar-refractivity contribution in [2.45, 2.75) is 44.4 Å². The Morgan fingerprint density at radius 1 is 1.25 bits per heavy atom. The van der Waals surface area contributed by atoms with E-state index >= 15 is 0 Å². The average molecular weight is 275 g/mol. The highest BCUT2D eigenvalue weighted by Gasteiger charge is 2.46. The molecule has 0 aliphatic carbocycles. The van der Waals surface area contributed by atoms with Crippen molar-refractivity contribution in [3.05, 3.63) is 29.8 Å². The second kappa shape index (κ2) is 4.86. The zero-order chi connectivity index (χ0) is 14.3. The van der Waals surface area contributed by atoms with Crippen LogP contribution in [0.3, 0.4) is 0 Å². The Morgan fingerprint density at radius 2 is 1.90 bits per heavy atom. The molecule has 108 valence electrons. The predicted octanol–water partition coefficient (Wildman–Crippen LogP) is 1.92. The summed E-state index contributed by atoms with van der Waals surface area (Å²) in [6.07, 6.45) is 0.560. The van der Waals surface area contributed by atoms with E-state index in [9.17, 15) is 9.90 Å². The zero-order valence-corrected chi connectivity index (χ0v) is 12.0. The number of benzene rings is 1. The van der Waals surface area contributed by atoms with Gasteiger partial charge in [0.1, 0.15) is 23.2 Å². The largest absolute Gasteiger partial charge is 0.486 e. The molecular formula is C16H21NO3. The summed E-state index contributed by atoms with van der Waals surface area (Å²) in [6, 6.07) is 7.53. The highest BCUT2D eigenvalue weighted by Crippen LogP contribution is 2.42. The summed E-state index contributed by atoms with van der Waals surface area (Å²) >= 11 is 0. The van der Waals surface area contributed by atoms with Gasteiger partial charge in [-0.2, -0.15) is 0 Å². The first-order valence-electron chi connectivity index (χ1n) is 7.21. The van der Waals surface area contributed by atoms with Crippen LogP contribution in [0.4, 0.5) is 0 Å². The van der Waals surface area contributed by atoms with Gasteiger partial charge in [0.15, 0.2) is 0 Å². The van der Waals surface area contributed by atoms with Crippen LogP contribution in [0.2, 0.25) is 0 Å². The summed E-state index contributed by atoms with van der Waals surface area (Å²) < 4.78 is 6.10. The topological polar surface area (TPSA) is 49.8 Å². The minimum atomic E-state index is -0.580. The fraction of sp³-hybridized carbons (Fsp3) is 0.562. The molecule has 20 heavy (non-hydrogen) atoms. The molecule has 2 atom stereocenters. The Balaban J connectivity index is 1.92. The van der Waals surface area contributed by atoms with Crippen molar-refractivity contribution in [1.29, 1.82) is 0 Å². The summed E-state index contributed by atoms with van der Waals surface area (Å²) in [5, 5.41) is 10.8. The van der Waals surface area contributed by atoms with Crippen molar-refractivity contribution in [3.63, 3.8) is 0 Å². The van der Waals surface area contributed by atoms with Gasteiger partial charge in [-0.3, -0.25) is 9.69 Å². The van der Waals surface area contributed by atoms with Gasteiger partial charge >= 0.3 is 0 Å². The Kier molecular flexibility index (Phi) is 3.30. The van der Waals surface area contributed by atoms with Gasteiger partial charge in [-0.1, -0.05) is 18.2 Å². The van der Waals surface area contributed by atoms with Gasteiger partial charge < -0.3 is 9.84 Å². The number of hydrogen-bond acceptors (Lipinski definition) is 4. The zero-order valence-electron chi connectivity index (χ0n) is 12.0. The Hall–Kier alpha value is -1.39. The molecule has 2 heterocycles. The third-order valence-corrected chi connectivity index (χ3v) is 4.37. The molecule has 2 unspecified atom stereocenters. The van der Waals surface area contributed by atoms with Crippen LogP contribution in [0.1, 0.15) is 38.4 Å². The van der Waals surface area contributed by atoms with E-state index in [1.165, 1.54) is 0 Å². The van der Waals surface area contributed by atoms with Crippen LogP contribution in [0.15, 0.2) is 24.3 Å². The standard InChI is InChI=1S/C16H21NO3/c1-16(2)15(17-9-7-11(18)8-10-17)14(19)12-5-3-4-6-13(12)20-16/h3-6,14-15,19H,7-10H2,1-2H3. The number of Topliss-reactive ketones (excluding diaryl/α,β-unsaturated/α-hetero) is 1. The maximum Gasteiger partial charge on any atom is 0.135 e. The number of para-hydroxylation sites is 1. The van der Waals surface area contributed by atoms with E-state index < -0.39 is 11.7 Å². The SMILES string of the molecule is CC1(C)Oc2ccccc2C(O)C1N1CCC(=O)CC1. The molecule has 0 saturated carbocycles. The van der Waals surface area contributed by atoms with Gasteiger partial charge in [0.05, 0.1) is 6.04 Å². The first-order chi connectivity index (χ1) is 9.49. The molecule has 4 nitrogen and oxygen atoms in total. The average Bonchev–Trinajstić information content (AvgIpc) is 2.40. The maximum absolute atomic E-state index is 11.4. The molecule has 1 saturated heterocycles. The molecule has 0 bridgehead atoms. The number of aliphatic hydroxyl groups excluding tert-OH is 1. The lowest BCUT2D eigenvalue weighted by atomic mass is 9.84. The molecule has 4 heteroatoms. The van der Waals surface area contributed by atoms with E-state index in [4.69, 9.17) is 4.74 Å². The number of hydrogen-bond donors (Lipinski definition) is 1. The predicted molar refractivity (Wildman–Crippen MR) is 75.7 cm³/mol. The monoisotopic (exact) mass is 275 g/mol. The number of fused-ring (bicyclic) bond motifs is 1. The summed E-state index contributed by atoms with van der Waals surface area (Å²) in [5.74, 6) is 1.07. The highest BCUT2D eigenvalue weighted by molar-refractivity contribution is 5.79.